The third-order valence-corrected chi connectivity index (χ3v) is 6.23. The van der Waals surface area contributed by atoms with E-state index in [2.05, 4.69) is 5.32 Å². The molecule has 2 unspecified atom stereocenters. The topological polar surface area (TPSA) is 49.4 Å². The van der Waals surface area contributed by atoms with Crippen LogP contribution in [-0.4, -0.2) is 37.9 Å². The van der Waals surface area contributed by atoms with Gasteiger partial charge in [0.05, 0.1) is 5.75 Å². The molecule has 2 aliphatic heterocycles. The molecule has 0 aliphatic carbocycles. The number of rotatable bonds is 4. The molecule has 1 aromatic rings. The Balaban J connectivity index is 1.76. The molecular formula is C15H22N2O2S. The van der Waals surface area contributed by atoms with E-state index >= 15 is 0 Å². The Hall–Kier alpha value is -0.910. The van der Waals surface area contributed by atoms with Crippen molar-refractivity contribution >= 4 is 10.0 Å². The van der Waals surface area contributed by atoms with Gasteiger partial charge in [0.1, 0.15) is 0 Å². The van der Waals surface area contributed by atoms with E-state index in [0.29, 0.717) is 12.6 Å². The molecule has 4 nitrogen and oxygen atoms in total. The molecule has 0 aromatic heterocycles. The smallest absolute Gasteiger partial charge is 0.218 e. The summed E-state index contributed by atoms with van der Waals surface area (Å²) < 4.78 is 27.1. The van der Waals surface area contributed by atoms with Crippen molar-refractivity contribution in [3.8, 4) is 0 Å². The van der Waals surface area contributed by atoms with E-state index in [-0.39, 0.29) is 11.8 Å². The highest BCUT2D eigenvalue weighted by Crippen LogP contribution is 2.28. The summed E-state index contributed by atoms with van der Waals surface area (Å²) in [5.74, 6) is 0.122. The largest absolute Gasteiger partial charge is 0.312 e. The molecule has 1 aromatic carbocycles. The van der Waals surface area contributed by atoms with Crippen LogP contribution < -0.4 is 5.32 Å². The number of hydrogen-bond acceptors (Lipinski definition) is 3. The second-order valence-corrected chi connectivity index (χ2v) is 7.69. The zero-order chi connectivity index (χ0) is 14.0. The zero-order valence-corrected chi connectivity index (χ0v) is 12.5. The highest BCUT2D eigenvalue weighted by Gasteiger charge is 2.39. The van der Waals surface area contributed by atoms with Crippen molar-refractivity contribution in [1.82, 2.24) is 9.62 Å². The van der Waals surface area contributed by atoms with E-state index in [0.717, 1.165) is 37.8 Å². The lowest BCUT2D eigenvalue weighted by Crippen LogP contribution is -2.46. The molecule has 5 heteroatoms. The van der Waals surface area contributed by atoms with Crippen molar-refractivity contribution in [3.63, 3.8) is 0 Å². The Morgan fingerprint density at radius 2 is 1.95 bits per heavy atom. The van der Waals surface area contributed by atoms with E-state index in [1.165, 1.54) is 0 Å². The van der Waals surface area contributed by atoms with Gasteiger partial charge in [-0.1, -0.05) is 30.3 Å². The lowest BCUT2D eigenvalue weighted by molar-refractivity contribution is 0.321. The van der Waals surface area contributed by atoms with Crippen LogP contribution in [0.15, 0.2) is 30.3 Å². The summed E-state index contributed by atoms with van der Waals surface area (Å²) in [5, 5.41) is 3.46. The van der Waals surface area contributed by atoms with Gasteiger partial charge in [0.2, 0.25) is 10.0 Å². The van der Waals surface area contributed by atoms with Gasteiger partial charge < -0.3 is 5.32 Å². The summed E-state index contributed by atoms with van der Waals surface area (Å²) in [6.45, 7) is 1.70. The van der Waals surface area contributed by atoms with Crippen molar-refractivity contribution < 1.29 is 8.42 Å². The molecule has 2 heterocycles. The SMILES string of the molecule is O=S(=O)(Cc1ccccc1)N1CCCC1C1CCCN1. The van der Waals surface area contributed by atoms with E-state index in [4.69, 9.17) is 0 Å². The van der Waals surface area contributed by atoms with E-state index in [9.17, 15) is 8.42 Å². The Labute approximate surface area is 121 Å². The molecular weight excluding hydrogens is 272 g/mol. The monoisotopic (exact) mass is 294 g/mol. The van der Waals surface area contributed by atoms with Gasteiger partial charge in [0.25, 0.3) is 0 Å². The van der Waals surface area contributed by atoms with Gasteiger partial charge in [-0.25, -0.2) is 8.42 Å². The average molecular weight is 294 g/mol. The summed E-state index contributed by atoms with van der Waals surface area (Å²) in [6, 6.07) is 9.98. The fourth-order valence-corrected chi connectivity index (χ4v) is 5.27. The van der Waals surface area contributed by atoms with Crippen molar-refractivity contribution in [2.24, 2.45) is 0 Å². The molecule has 110 valence electrons. The minimum Gasteiger partial charge on any atom is -0.312 e. The van der Waals surface area contributed by atoms with Gasteiger partial charge in [-0.05, 0) is 37.8 Å². The normalized spacial score (nSPS) is 28.0. The number of hydrogen-bond donors (Lipinski definition) is 1. The summed E-state index contributed by atoms with van der Waals surface area (Å²) in [7, 11) is -3.21. The standard InChI is InChI=1S/C15H22N2O2S/c18-20(19,12-13-6-2-1-3-7-13)17-11-5-9-15(17)14-8-4-10-16-14/h1-3,6-7,14-16H,4-5,8-12H2. The zero-order valence-electron chi connectivity index (χ0n) is 11.7. The van der Waals surface area contributed by atoms with Crippen LogP contribution in [0.4, 0.5) is 0 Å². The van der Waals surface area contributed by atoms with Crippen LogP contribution in [0.5, 0.6) is 0 Å². The highest BCUT2D eigenvalue weighted by atomic mass is 32.2. The number of benzene rings is 1. The molecule has 2 fully saturated rings. The van der Waals surface area contributed by atoms with Crippen molar-refractivity contribution in [1.29, 1.82) is 0 Å². The fourth-order valence-electron chi connectivity index (χ4n) is 3.42. The summed E-state index contributed by atoms with van der Waals surface area (Å²) in [5.41, 5.74) is 0.873. The first-order chi connectivity index (χ1) is 9.67. The number of nitrogens with zero attached hydrogens (tertiary/aromatic N) is 1. The van der Waals surface area contributed by atoms with Crippen LogP contribution in [0.2, 0.25) is 0 Å². The van der Waals surface area contributed by atoms with Crippen LogP contribution in [0, 0.1) is 0 Å². The molecule has 0 spiro atoms. The Bertz CT molecular complexity index is 538. The molecule has 2 saturated heterocycles. The van der Waals surface area contributed by atoms with Crippen LogP contribution >= 0.6 is 0 Å². The van der Waals surface area contributed by atoms with Crippen molar-refractivity contribution in [2.75, 3.05) is 13.1 Å². The first-order valence-corrected chi connectivity index (χ1v) is 9.04. The van der Waals surface area contributed by atoms with E-state index in [1.807, 2.05) is 30.3 Å². The van der Waals surface area contributed by atoms with Crippen molar-refractivity contribution in [3.05, 3.63) is 35.9 Å². The molecule has 2 aliphatic rings. The average Bonchev–Trinajstić information content (AvgIpc) is 3.10. The van der Waals surface area contributed by atoms with Crippen LogP contribution in [0.3, 0.4) is 0 Å². The molecule has 0 saturated carbocycles. The van der Waals surface area contributed by atoms with Gasteiger partial charge >= 0.3 is 0 Å². The van der Waals surface area contributed by atoms with Gasteiger partial charge in [-0.3, -0.25) is 0 Å². The number of sulfonamides is 1. The van der Waals surface area contributed by atoms with Gasteiger partial charge in [-0.15, -0.1) is 0 Å². The second-order valence-electron chi connectivity index (χ2n) is 5.76. The van der Waals surface area contributed by atoms with E-state index < -0.39 is 10.0 Å². The first-order valence-electron chi connectivity index (χ1n) is 7.44. The predicted molar refractivity (Wildman–Crippen MR) is 79.8 cm³/mol. The summed E-state index contributed by atoms with van der Waals surface area (Å²) in [4.78, 5) is 0. The highest BCUT2D eigenvalue weighted by molar-refractivity contribution is 7.88. The number of nitrogens with one attached hydrogen (secondary N) is 1. The molecule has 0 radical (unpaired) electrons. The summed E-state index contributed by atoms with van der Waals surface area (Å²) in [6.07, 6.45) is 4.23. The Morgan fingerprint density at radius 1 is 1.15 bits per heavy atom. The summed E-state index contributed by atoms with van der Waals surface area (Å²) >= 11 is 0. The van der Waals surface area contributed by atoms with Crippen LogP contribution in [0.25, 0.3) is 0 Å². The minimum absolute atomic E-state index is 0.122. The maximum Gasteiger partial charge on any atom is 0.218 e. The molecule has 20 heavy (non-hydrogen) atoms. The molecule has 1 N–H and O–H groups in total. The molecule has 2 atom stereocenters. The Kier molecular flexibility index (Phi) is 4.10. The fraction of sp³-hybridized carbons (Fsp3) is 0.600. The Morgan fingerprint density at radius 3 is 2.65 bits per heavy atom. The predicted octanol–water partition coefficient (Wildman–Crippen LogP) is 1.73. The molecule has 0 amide bonds. The van der Waals surface area contributed by atoms with Crippen LogP contribution in [-0.2, 0) is 15.8 Å². The third kappa shape index (κ3) is 2.90. The lowest BCUT2D eigenvalue weighted by Gasteiger charge is -2.28. The van der Waals surface area contributed by atoms with Gasteiger partial charge in [-0.2, -0.15) is 4.31 Å². The quantitative estimate of drug-likeness (QED) is 0.920. The van der Waals surface area contributed by atoms with Crippen molar-refractivity contribution in [2.45, 2.75) is 43.5 Å². The maximum atomic E-state index is 12.7. The maximum absolute atomic E-state index is 12.7. The van der Waals surface area contributed by atoms with Gasteiger partial charge in [0, 0.05) is 18.6 Å². The molecule has 3 rings (SSSR count). The van der Waals surface area contributed by atoms with Crippen LogP contribution in [0.1, 0.15) is 31.2 Å². The van der Waals surface area contributed by atoms with E-state index in [1.54, 1.807) is 4.31 Å². The van der Waals surface area contributed by atoms with Gasteiger partial charge in [0.15, 0.2) is 0 Å². The second kappa shape index (κ2) is 5.84. The minimum atomic E-state index is -3.21. The third-order valence-electron chi connectivity index (χ3n) is 4.36. The lowest BCUT2D eigenvalue weighted by atomic mass is 10.1. The molecule has 0 bridgehead atoms. The first kappa shape index (κ1) is 14.0.